The molecule has 0 unspecified atom stereocenters. The van der Waals surface area contributed by atoms with Crippen LogP contribution in [-0.2, 0) is 16.1 Å². The standard InChI is InChI=1S/C12H13BrN2O2/c1-14-7-12(17)15(8-11(14)16)6-9-2-4-10(13)5-3-9/h2-5H,6-8H2,1H3. The number of hydrogen-bond acceptors (Lipinski definition) is 2. The molecule has 2 amide bonds. The molecule has 1 saturated heterocycles. The Kier molecular flexibility index (Phi) is 3.47. The van der Waals surface area contributed by atoms with Gasteiger partial charge in [0, 0.05) is 18.1 Å². The van der Waals surface area contributed by atoms with Crippen LogP contribution in [0.1, 0.15) is 5.56 Å². The van der Waals surface area contributed by atoms with Crippen LogP contribution in [0.25, 0.3) is 0 Å². The number of carbonyl (C=O) groups excluding carboxylic acids is 2. The Bertz CT molecular complexity index is 444. The molecule has 0 aliphatic carbocycles. The monoisotopic (exact) mass is 296 g/mol. The summed E-state index contributed by atoms with van der Waals surface area (Å²) in [5.41, 5.74) is 1.03. The van der Waals surface area contributed by atoms with Gasteiger partial charge in [0.15, 0.2) is 0 Å². The van der Waals surface area contributed by atoms with Crippen molar-refractivity contribution in [2.24, 2.45) is 0 Å². The van der Waals surface area contributed by atoms with E-state index in [1.807, 2.05) is 24.3 Å². The van der Waals surface area contributed by atoms with Gasteiger partial charge in [0.1, 0.15) is 6.54 Å². The smallest absolute Gasteiger partial charge is 0.242 e. The highest BCUT2D eigenvalue weighted by atomic mass is 79.9. The Hall–Kier alpha value is -1.36. The highest BCUT2D eigenvalue weighted by Crippen LogP contribution is 2.13. The normalized spacial score (nSPS) is 16.6. The van der Waals surface area contributed by atoms with Crippen molar-refractivity contribution in [1.82, 2.24) is 9.80 Å². The minimum atomic E-state index is -0.0123. The molecule has 0 N–H and O–H groups in total. The topological polar surface area (TPSA) is 40.6 Å². The third-order valence-corrected chi connectivity index (χ3v) is 3.29. The number of hydrogen-bond donors (Lipinski definition) is 0. The summed E-state index contributed by atoms with van der Waals surface area (Å²) in [6, 6.07) is 7.75. The minimum Gasteiger partial charge on any atom is -0.335 e. The lowest BCUT2D eigenvalue weighted by Gasteiger charge is -2.31. The zero-order valence-corrected chi connectivity index (χ0v) is 11.1. The molecule has 1 fully saturated rings. The quantitative estimate of drug-likeness (QED) is 0.824. The molecule has 0 spiro atoms. The van der Waals surface area contributed by atoms with Gasteiger partial charge in [0.25, 0.3) is 0 Å². The first kappa shape index (κ1) is 12.1. The van der Waals surface area contributed by atoms with E-state index in [-0.39, 0.29) is 24.9 Å². The van der Waals surface area contributed by atoms with Crippen molar-refractivity contribution < 1.29 is 9.59 Å². The summed E-state index contributed by atoms with van der Waals surface area (Å²) in [5, 5.41) is 0. The van der Waals surface area contributed by atoms with E-state index in [2.05, 4.69) is 15.9 Å². The maximum Gasteiger partial charge on any atom is 0.242 e. The molecule has 4 nitrogen and oxygen atoms in total. The molecule has 5 heteroatoms. The molecule has 0 radical (unpaired) electrons. The highest BCUT2D eigenvalue weighted by molar-refractivity contribution is 9.10. The van der Waals surface area contributed by atoms with Crippen LogP contribution < -0.4 is 0 Å². The van der Waals surface area contributed by atoms with Crippen LogP contribution in [0, 0.1) is 0 Å². The number of halogens is 1. The van der Waals surface area contributed by atoms with E-state index in [1.54, 1.807) is 11.9 Å². The third-order valence-electron chi connectivity index (χ3n) is 2.76. The summed E-state index contributed by atoms with van der Waals surface area (Å²) in [7, 11) is 1.65. The molecule has 0 saturated carbocycles. The molecule has 1 heterocycles. The Balaban J connectivity index is 2.06. The van der Waals surface area contributed by atoms with Crippen molar-refractivity contribution in [2.45, 2.75) is 6.54 Å². The maximum absolute atomic E-state index is 11.7. The van der Waals surface area contributed by atoms with Gasteiger partial charge < -0.3 is 9.80 Å². The van der Waals surface area contributed by atoms with E-state index in [1.165, 1.54) is 4.90 Å². The Morgan fingerprint density at radius 1 is 1.12 bits per heavy atom. The molecule has 0 aromatic heterocycles. The lowest BCUT2D eigenvalue weighted by molar-refractivity contribution is -0.149. The number of benzene rings is 1. The van der Waals surface area contributed by atoms with Crippen molar-refractivity contribution in [3.63, 3.8) is 0 Å². The number of nitrogens with zero attached hydrogens (tertiary/aromatic N) is 2. The first-order chi connectivity index (χ1) is 8.06. The number of likely N-dealkylation sites (N-methyl/N-ethyl adjacent to an activating group) is 1. The second kappa shape index (κ2) is 4.87. The zero-order chi connectivity index (χ0) is 12.4. The third kappa shape index (κ3) is 2.85. The van der Waals surface area contributed by atoms with E-state index in [0.29, 0.717) is 6.54 Å². The molecule has 0 bridgehead atoms. The average Bonchev–Trinajstić information content (AvgIpc) is 2.29. The molecule has 1 aromatic rings. The van der Waals surface area contributed by atoms with E-state index < -0.39 is 0 Å². The molecule has 0 atom stereocenters. The first-order valence-electron chi connectivity index (χ1n) is 5.32. The molecule has 2 rings (SSSR count). The summed E-state index contributed by atoms with van der Waals surface area (Å²) < 4.78 is 1.00. The number of piperazine rings is 1. The second-order valence-corrected chi connectivity index (χ2v) is 5.04. The fourth-order valence-electron chi connectivity index (χ4n) is 1.72. The van der Waals surface area contributed by atoms with Crippen molar-refractivity contribution >= 4 is 27.7 Å². The summed E-state index contributed by atoms with van der Waals surface area (Å²) >= 11 is 3.36. The molecular formula is C12H13BrN2O2. The van der Waals surface area contributed by atoms with Gasteiger partial charge in [0.2, 0.25) is 11.8 Å². The van der Waals surface area contributed by atoms with Crippen LogP contribution in [0.15, 0.2) is 28.7 Å². The summed E-state index contributed by atoms with van der Waals surface area (Å²) in [6.07, 6.45) is 0. The van der Waals surface area contributed by atoms with Crippen LogP contribution >= 0.6 is 15.9 Å². The lowest BCUT2D eigenvalue weighted by atomic mass is 10.2. The molecular weight excluding hydrogens is 284 g/mol. The number of amides is 2. The summed E-state index contributed by atoms with van der Waals surface area (Å²) in [5.74, 6) is -0.0169. The van der Waals surface area contributed by atoms with Crippen molar-refractivity contribution in [3.8, 4) is 0 Å². The van der Waals surface area contributed by atoms with E-state index in [9.17, 15) is 9.59 Å². The average molecular weight is 297 g/mol. The molecule has 1 aromatic carbocycles. The van der Waals surface area contributed by atoms with Crippen LogP contribution in [0.3, 0.4) is 0 Å². The number of carbonyl (C=O) groups is 2. The van der Waals surface area contributed by atoms with Gasteiger partial charge in [-0.25, -0.2) is 0 Å². The van der Waals surface area contributed by atoms with E-state index >= 15 is 0 Å². The lowest BCUT2D eigenvalue weighted by Crippen LogP contribution is -2.51. The highest BCUT2D eigenvalue weighted by Gasteiger charge is 2.27. The SMILES string of the molecule is CN1CC(=O)N(Cc2ccc(Br)cc2)CC1=O. The Morgan fingerprint density at radius 2 is 1.76 bits per heavy atom. The summed E-state index contributed by atoms with van der Waals surface area (Å²) in [6.45, 7) is 0.840. The van der Waals surface area contributed by atoms with Crippen molar-refractivity contribution in [3.05, 3.63) is 34.3 Å². The minimum absolute atomic E-state index is 0.00461. The molecule has 1 aliphatic rings. The predicted octanol–water partition coefficient (Wildman–Crippen LogP) is 1.25. The van der Waals surface area contributed by atoms with Crippen LogP contribution in [0.2, 0.25) is 0 Å². The molecule has 90 valence electrons. The van der Waals surface area contributed by atoms with E-state index in [0.717, 1.165) is 10.0 Å². The molecule has 1 aliphatic heterocycles. The molecule has 17 heavy (non-hydrogen) atoms. The Labute approximate surface area is 108 Å². The largest absolute Gasteiger partial charge is 0.335 e. The van der Waals surface area contributed by atoms with Crippen molar-refractivity contribution in [1.29, 1.82) is 0 Å². The van der Waals surface area contributed by atoms with Gasteiger partial charge in [-0.15, -0.1) is 0 Å². The van der Waals surface area contributed by atoms with E-state index in [4.69, 9.17) is 0 Å². The predicted molar refractivity (Wildman–Crippen MR) is 67.2 cm³/mol. The van der Waals surface area contributed by atoms with Gasteiger partial charge >= 0.3 is 0 Å². The van der Waals surface area contributed by atoms with Crippen LogP contribution in [0.5, 0.6) is 0 Å². The van der Waals surface area contributed by atoms with Gasteiger partial charge in [-0.05, 0) is 17.7 Å². The zero-order valence-electron chi connectivity index (χ0n) is 9.52. The van der Waals surface area contributed by atoms with Crippen LogP contribution in [0.4, 0.5) is 0 Å². The number of rotatable bonds is 2. The first-order valence-corrected chi connectivity index (χ1v) is 6.12. The van der Waals surface area contributed by atoms with Crippen LogP contribution in [-0.4, -0.2) is 41.8 Å². The Morgan fingerprint density at radius 3 is 2.41 bits per heavy atom. The fraction of sp³-hybridized carbons (Fsp3) is 0.333. The van der Waals surface area contributed by atoms with Gasteiger partial charge in [-0.2, -0.15) is 0 Å². The summed E-state index contributed by atoms with van der Waals surface area (Å²) in [4.78, 5) is 26.3. The van der Waals surface area contributed by atoms with Gasteiger partial charge in [-0.3, -0.25) is 9.59 Å². The second-order valence-electron chi connectivity index (χ2n) is 4.13. The van der Waals surface area contributed by atoms with Gasteiger partial charge in [-0.1, -0.05) is 28.1 Å². The van der Waals surface area contributed by atoms with Gasteiger partial charge in [0.05, 0.1) is 6.54 Å². The fourth-order valence-corrected chi connectivity index (χ4v) is 1.98. The maximum atomic E-state index is 11.7. The van der Waals surface area contributed by atoms with Crippen molar-refractivity contribution in [2.75, 3.05) is 20.1 Å².